The number of rotatable bonds is 8. The normalized spacial score (nSPS) is 36.2. The molecule has 3 rings (SSSR count). The largest absolute Gasteiger partial charge is 0.469 e. The monoisotopic (exact) mass is 402 g/mol. The van der Waals surface area contributed by atoms with Gasteiger partial charge in [0.15, 0.2) is 0 Å². The van der Waals surface area contributed by atoms with Gasteiger partial charge >= 0.3 is 5.97 Å². The molecule has 3 fully saturated rings. The molecule has 29 heavy (non-hydrogen) atoms. The fraction of sp³-hybridized carbons (Fsp3) is 0.889. The zero-order chi connectivity index (χ0) is 20.5. The third-order valence-electron chi connectivity index (χ3n) is 8.55. The Bertz CT molecular complexity index is 487. The van der Waals surface area contributed by atoms with E-state index in [0.29, 0.717) is 0 Å². The van der Waals surface area contributed by atoms with Crippen LogP contribution in [-0.2, 0) is 9.53 Å². The highest BCUT2D eigenvalue weighted by Gasteiger charge is 2.33. The first-order valence-electron chi connectivity index (χ1n) is 13.0. The van der Waals surface area contributed by atoms with Crippen molar-refractivity contribution in [3.63, 3.8) is 0 Å². The molecule has 0 aromatic carbocycles. The van der Waals surface area contributed by atoms with Crippen LogP contribution in [0.4, 0.5) is 0 Å². The minimum absolute atomic E-state index is 0.0206. The van der Waals surface area contributed by atoms with Crippen molar-refractivity contribution in [1.29, 1.82) is 0 Å². The number of unbranched alkanes of at least 4 members (excludes halogenated alkanes) is 2. The molecule has 166 valence electrons. The maximum Gasteiger partial charge on any atom is 0.308 e. The lowest BCUT2D eigenvalue weighted by molar-refractivity contribution is -0.147. The molecule has 0 N–H and O–H groups in total. The number of ether oxygens (including phenoxy) is 1. The summed E-state index contributed by atoms with van der Waals surface area (Å²) in [6.07, 6.45) is 26.9. The molecular formula is C27H46O2. The first-order valence-corrected chi connectivity index (χ1v) is 13.0. The predicted molar refractivity (Wildman–Crippen MR) is 122 cm³/mol. The molecule has 2 heteroatoms. The van der Waals surface area contributed by atoms with Crippen molar-refractivity contribution in [2.75, 3.05) is 7.11 Å². The molecular weight excluding hydrogens is 356 g/mol. The SMILES string of the molecule is CCCCCC1CCC(C=CC2CCC(C3CCC(C(=O)OC)CC3)CC2)CC1. The molecule has 0 radical (unpaired) electrons. The second kappa shape index (κ2) is 12.2. The van der Waals surface area contributed by atoms with Crippen LogP contribution < -0.4 is 0 Å². The molecule has 3 saturated carbocycles. The lowest BCUT2D eigenvalue weighted by atomic mass is 9.69. The lowest BCUT2D eigenvalue weighted by Gasteiger charge is -2.37. The maximum atomic E-state index is 11.7. The minimum atomic E-state index is 0.0206. The van der Waals surface area contributed by atoms with E-state index in [2.05, 4.69) is 19.1 Å². The van der Waals surface area contributed by atoms with Crippen LogP contribution in [0.3, 0.4) is 0 Å². The van der Waals surface area contributed by atoms with Gasteiger partial charge in [0.2, 0.25) is 0 Å². The van der Waals surface area contributed by atoms with Gasteiger partial charge in [-0.2, -0.15) is 0 Å². The van der Waals surface area contributed by atoms with Crippen molar-refractivity contribution in [3.05, 3.63) is 12.2 Å². The Morgan fingerprint density at radius 1 is 0.759 bits per heavy atom. The van der Waals surface area contributed by atoms with Crippen LogP contribution in [0.15, 0.2) is 12.2 Å². The van der Waals surface area contributed by atoms with Gasteiger partial charge in [0.05, 0.1) is 13.0 Å². The van der Waals surface area contributed by atoms with Crippen molar-refractivity contribution in [1.82, 2.24) is 0 Å². The molecule has 0 unspecified atom stereocenters. The van der Waals surface area contributed by atoms with Crippen molar-refractivity contribution in [2.24, 2.45) is 35.5 Å². The molecule has 0 aromatic rings. The molecule has 0 heterocycles. The predicted octanol–water partition coefficient (Wildman–Crippen LogP) is 7.72. The van der Waals surface area contributed by atoms with Crippen LogP contribution >= 0.6 is 0 Å². The molecule has 0 atom stereocenters. The van der Waals surface area contributed by atoms with Crippen LogP contribution in [0, 0.1) is 35.5 Å². The molecule has 0 bridgehead atoms. The third kappa shape index (κ3) is 7.14. The van der Waals surface area contributed by atoms with Gasteiger partial charge in [-0.25, -0.2) is 0 Å². The van der Waals surface area contributed by atoms with Gasteiger partial charge in [-0.3, -0.25) is 4.79 Å². The van der Waals surface area contributed by atoms with Gasteiger partial charge in [-0.05, 0) is 107 Å². The Labute approximate surface area is 180 Å². The van der Waals surface area contributed by atoms with E-state index in [0.717, 1.165) is 42.4 Å². The number of methoxy groups -OCH3 is 1. The van der Waals surface area contributed by atoms with E-state index in [1.807, 2.05) is 0 Å². The summed E-state index contributed by atoms with van der Waals surface area (Å²) in [5.74, 6) is 4.70. The topological polar surface area (TPSA) is 26.3 Å². The average Bonchev–Trinajstić information content (AvgIpc) is 2.78. The van der Waals surface area contributed by atoms with Crippen molar-refractivity contribution < 1.29 is 9.53 Å². The number of hydrogen-bond acceptors (Lipinski definition) is 2. The number of hydrogen-bond donors (Lipinski definition) is 0. The standard InChI is InChI=1S/C27H46O2/c1-3-4-5-6-21-7-9-22(10-8-21)11-12-23-13-15-24(16-14-23)25-17-19-26(20-18-25)27(28)29-2/h11-12,21-26H,3-10,13-20H2,1-2H3. The first kappa shape index (κ1) is 22.9. The number of carbonyl (C=O) groups is 1. The van der Waals surface area contributed by atoms with Crippen LogP contribution in [0.2, 0.25) is 0 Å². The number of carbonyl (C=O) groups excluding carboxylic acids is 1. The fourth-order valence-corrected chi connectivity index (χ4v) is 6.47. The van der Waals surface area contributed by atoms with Gasteiger partial charge in [-0.15, -0.1) is 0 Å². The van der Waals surface area contributed by atoms with E-state index >= 15 is 0 Å². The molecule has 2 nitrogen and oxygen atoms in total. The highest BCUT2D eigenvalue weighted by Crippen LogP contribution is 2.42. The average molecular weight is 403 g/mol. The number of esters is 1. The summed E-state index contributed by atoms with van der Waals surface area (Å²) in [5, 5.41) is 0. The highest BCUT2D eigenvalue weighted by atomic mass is 16.5. The van der Waals surface area contributed by atoms with E-state index in [-0.39, 0.29) is 11.9 Å². The summed E-state index contributed by atoms with van der Waals surface area (Å²) in [6.45, 7) is 2.31. The van der Waals surface area contributed by atoms with Gasteiger partial charge < -0.3 is 4.74 Å². The molecule has 3 aliphatic rings. The maximum absolute atomic E-state index is 11.7. The zero-order valence-electron chi connectivity index (χ0n) is 19.2. The molecule has 0 amide bonds. The molecule has 0 spiro atoms. The first-order chi connectivity index (χ1) is 14.2. The van der Waals surface area contributed by atoms with Gasteiger partial charge in [0, 0.05) is 0 Å². The van der Waals surface area contributed by atoms with E-state index in [1.165, 1.54) is 97.0 Å². The van der Waals surface area contributed by atoms with E-state index in [9.17, 15) is 4.79 Å². The summed E-state index contributed by atoms with van der Waals surface area (Å²) in [6, 6.07) is 0. The van der Waals surface area contributed by atoms with Crippen LogP contribution in [0.5, 0.6) is 0 Å². The van der Waals surface area contributed by atoms with Crippen LogP contribution in [0.25, 0.3) is 0 Å². The quantitative estimate of drug-likeness (QED) is 0.236. The van der Waals surface area contributed by atoms with E-state index in [1.54, 1.807) is 0 Å². The summed E-state index contributed by atoms with van der Waals surface area (Å²) < 4.78 is 4.94. The molecule has 0 aromatic heterocycles. The summed E-state index contributed by atoms with van der Waals surface area (Å²) >= 11 is 0. The molecule has 3 aliphatic carbocycles. The Morgan fingerprint density at radius 3 is 1.79 bits per heavy atom. The van der Waals surface area contributed by atoms with Gasteiger partial charge in [-0.1, -0.05) is 44.8 Å². The fourth-order valence-electron chi connectivity index (χ4n) is 6.47. The van der Waals surface area contributed by atoms with Crippen LogP contribution in [-0.4, -0.2) is 13.1 Å². The Balaban J connectivity index is 1.31. The van der Waals surface area contributed by atoms with Crippen molar-refractivity contribution in [3.8, 4) is 0 Å². The molecule has 0 aliphatic heterocycles. The smallest absolute Gasteiger partial charge is 0.308 e. The van der Waals surface area contributed by atoms with Gasteiger partial charge in [0.25, 0.3) is 0 Å². The van der Waals surface area contributed by atoms with Crippen molar-refractivity contribution in [2.45, 2.75) is 110 Å². The second-order valence-electron chi connectivity index (χ2n) is 10.5. The minimum Gasteiger partial charge on any atom is -0.469 e. The second-order valence-corrected chi connectivity index (χ2v) is 10.5. The Kier molecular flexibility index (Phi) is 9.59. The third-order valence-corrected chi connectivity index (χ3v) is 8.55. The van der Waals surface area contributed by atoms with Crippen LogP contribution in [0.1, 0.15) is 110 Å². The van der Waals surface area contributed by atoms with E-state index in [4.69, 9.17) is 4.74 Å². The Morgan fingerprint density at radius 2 is 1.28 bits per heavy atom. The summed E-state index contributed by atoms with van der Waals surface area (Å²) in [5.41, 5.74) is 0. The van der Waals surface area contributed by atoms with Crippen molar-refractivity contribution >= 4 is 5.97 Å². The lowest BCUT2D eigenvalue weighted by Crippen LogP contribution is -2.28. The molecule has 0 saturated heterocycles. The summed E-state index contributed by atoms with van der Waals surface area (Å²) in [7, 11) is 1.53. The summed E-state index contributed by atoms with van der Waals surface area (Å²) in [4.78, 5) is 11.7. The number of allylic oxidation sites excluding steroid dienone is 2. The highest BCUT2D eigenvalue weighted by molar-refractivity contribution is 5.72. The van der Waals surface area contributed by atoms with E-state index < -0.39 is 0 Å². The zero-order valence-corrected chi connectivity index (χ0v) is 19.2. The van der Waals surface area contributed by atoms with Gasteiger partial charge in [0.1, 0.15) is 0 Å². The Hall–Kier alpha value is -0.790.